The van der Waals surface area contributed by atoms with Crippen molar-refractivity contribution in [2.75, 3.05) is 20.6 Å². The minimum Gasteiger partial charge on any atom is -0.292 e. The zero-order valence-corrected chi connectivity index (χ0v) is 45.0. The highest BCUT2D eigenvalue weighted by molar-refractivity contribution is 6.26. The Morgan fingerprint density at radius 1 is 0.694 bits per heavy atom. The summed E-state index contributed by atoms with van der Waals surface area (Å²) in [5.41, 5.74) is 19.0. The number of hydrogen-bond acceptors (Lipinski definition) is 7. The van der Waals surface area contributed by atoms with Crippen LogP contribution in [-0.4, -0.2) is 71.9 Å². The van der Waals surface area contributed by atoms with E-state index < -0.39 is 6.04 Å². The van der Waals surface area contributed by atoms with Gasteiger partial charge in [-0.15, -0.1) is 6.42 Å². The first-order valence-corrected chi connectivity index (χ1v) is 26.6. The smallest absolute Gasteiger partial charge is 0.132 e. The first-order valence-electron chi connectivity index (χ1n) is 26.6. The fraction of sp³-hybridized carbons (Fsp3) is 0.385. The topological polar surface area (TPSA) is 77.4 Å². The van der Waals surface area contributed by atoms with Gasteiger partial charge in [0.1, 0.15) is 18.4 Å². The van der Waals surface area contributed by atoms with Crippen molar-refractivity contribution in [3.05, 3.63) is 189 Å². The van der Waals surface area contributed by atoms with E-state index in [1.165, 1.54) is 52.1 Å². The summed E-state index contributed by atoms with van der Waals surface area (Å²) in [4.78, 5) is 33.5. The highest BCUT2D eigenvalue weighted by atomic mass is 15.3. The minimum absolute atomic E-state index is 0.0620. The molecule has 0 saturated heterocycles. The molecule has 6 bridgehead atoms. The summed E-state index contributed by atoms with van der Waals surface area (Å²) >= 11 is 0. The Balaban J connectivity index is 0.000000318. The Morgan fingerprint density at radius 2 is 1.25 bits per heavy atom. The van der Waals surface area contributed by atoms with Crippen LogP contribution in [0.1, 0.15) is 158 Å². The first kappa shape index (κ1) is 53.2. The second-order valence-corrected chi connectivity index (χ2v) is 19.4. The van der Waals surface area contributed by atoms with Gasteiger partial charge in [0.05, 0.1) is 11.8 Å². The molecule has 7 unspecified atom stereocenters. The number of fused-ring (bicyclic) bond motifs is 5. The van der Waals surface area contributed by atoms with E-state index in [0.29, 0.717) is 30.6 Å². The molecule has 3 aliphatic carbocycles. The molecule has 7 nitrogen and oxygen atoms in total. The number of allylic oxidation sites excluding steroid dienone is 5. The molecule has 3 aliphatic heterocycles. The van der Waals surface area contributed by atoms with Crippen molar-refractivity contribution in [3.8, 4) is 12.3 Å². The van der Waals surface area contributed by atoms with E-state index in [-0.39, 0.29) is 18.4 Å². The van der Waals surface area contributed by atoms with E-state index in [4.69, 9.17) is 26.4 Å². The van der Waals surface area contributed by atoms with Gasteiger partial charge < -0.3 is 0 Å². The van der Waals surface area contributed by atoms with Crippen molar-refractivity contribution in [2.45, 2.75) is 125 Å². The van der Waals surface area contributed by atoms with Crippen LogP contribution in [0.5, 0.6) is 0 Å². The first-order chi connectivity index (χ1) is 35.0. The normalized spacial score (nSPS) is 25.5. The van der Waals surface area contributed by atoms with Crippen LogP contribution in [0.4, 0.5) is 0 Å². The van der Waals surface area contributed by atoms with Gasteiger partial charge in [-0.25, -0.2) is 0 Å². The van der Waals surface area contributed by atoms with Crippen LogP contribution in [0.2, 0.25) is 0 Å². The van der Waals surface area contributed by atoms with Gasteiger partial charge in [0.2, 0.25) is 0 Å². The average Bonchev–Trinajstić information content (AvgIpc) is 3.51. The lowest BCUT2D eigenvalue weighted by Crippen LogP contribution is -2.35. The fourth-order valence-electron chi connectivity index (χ4n) is 11.0. The molecule has 0 aromatic heterocycles. The molecular weight excluding hydrogens is 879 g/mol. The molecule has 4 aromatic rings. The third-order valence-corrected chi connectivity index (χ3v) is 15.0. The van der Waals surface area contributed by atoms with Gasteiger partial charge in [-0.05, 0) is 73.4 Å². The molecule has 0 N–H and O–H groups in total. The Bertz CT molecular complexity index is 2940. The van der Waals surface area contributed by atoms with Crippen LogP contribution >= 0.6 is 0 Å². The van der Waals surface area contributed by atoms with Crippen molar-refractivity contribution in [2.24, 2.45) is 47.7 Å². The van der Waals surface area contributed by atoms with Crippen molar-refractivity contribution in [1.29, 1.82) is 0 Å². The Morgan fingerprint density at radius 3 is 1.85 bits per heavy atom. The minimum atomic E-state index is -0.439. The lowest BCUT2D eigenvalue weighted by Gasteiger charge is -2.33. The van der Waals surface area contributed by atoms with Crippen LogP contribution < -0.4 is 0 Å². The molecule has 4 aromatic carbocycles. The number of aliphatic imine (C=N–C) groups is 6. The van der Waals surface area contributed by atoms with Gasteiger partial charge in [0, 0.05) is 94.3 Å². The van der Waals surface area contributed by atoms with E-state index in [0.717, 1.165) is 75.6 Å². The Kier molecular flexibility index (Phi) is 18.2. The van der Waals surface area contributed by atoms with Gasteiger partial charge in [-0.2, -0.15) is 0 Å². The third kappa shape index (κ3) is 11.1. The summed E-state index contributed by atoms with van der Waals surface area (Å²) in [6.07, 6.45) is 20.0. The number of rotatable bonds is 6. The summed E-state index contributed by atoms with van der Waals surface area (Å²) in [6.45, 7) is 25.0. The molecule has 72 heavy (non-hydrogen) atoms. The number of hydrogen-bond donors (Lipinski definition) is 0. The van der Waals surface area contributed by atoms with Crippen LogP contribution in [0.15, 0.2) is 175 Å². The predicted octanol–water partition coefficient (Wildman–Crippen LogP) is 14.8. The second kappa shape index (κ2) is 24.7. The molecule has 7 heteroatoms. The van der Waals surface area contributed by atoms with E-state index in [2.05, 4.69) is 197 Å². The van der Waals surface area contributed by atoms with Crippen LogP contribution in [0.3, 0.4) is 0 Å². The standard InChI is InChI=1S/C47H49N5.C16H22N2.C2H6/c1-8-30(4)27-43-37-22-14-13-21-36(37)33(7)48-32(6)34-19-11-12-20-35(29-34)42(9-2)49-45-31(5)28-44(38-23-15-16-24-39(38)45)51-47-41-26-18-17-25-40(41)46(50-43)52(47)10-3;1-5-8-12-11(2)15(17-3)13-9-6-7-10-14(13)16(12)18-4;1-2/h2,11-26,30,32,42,46-47H,5,8,10,27-29H2,1,3-4,6-7H3;6-7,9-12H,5,8H2,1-4H3;1-2H3/b48-33?,49-45?,50-43+,51-44+;;. The Hall–Kier alpha value is -6.62. The molecule has 0 saturated carbocycles. The molecular formula is C65H77N7. The molecule has 10 rings (SSSR count). The molecule has 0 amide bonds. The molecule has 3 heterocycles. The summed E-state index contributed by atoms with van der Waals surface area (Å²) in [5, 5.41) is 0. The van der Waals surface area contributed by atoms with Crippen molar-refractivity contribution < 1.29 is 0 Å². The SMILES string of the molecule is C#CC1N=C2C(=C)C/C(=N\C3c4ccccc4C(/N=C(\CC(C)CC)c4ccccc4C(C)=NC(C)C4=CC=CC=C1C4)N3CC)c1ccccc12.CC.CCCC1C(=NC)c2ccccc2C(=NC)C1C. The molecule has 6 aliphatic rings. The second-order valence-electron chi connectivity index (χ2n) is 19.4. The van der Waals surface area contributed by atoms with E-state index >= 15 is 0 Å². The average molecular weight is 956 g/mol. The largest absolute Gasteiger partial charge is 0.292 e. The molecule has 7 atom stereocenters. The van der Waals surface area contributed by atoms with Crippen molar-refractivity contribution in [3.63, 3.8) is 0 Å². The monoisotopic (exact) mass is 956 g/mol. The Labute approximate surface area is 432 Å². The molecule has 0 fully saturated rings. The maximum atomic E-state index is 6.28. The molecule has 0 spiro atoms. The van der Waals surface area contributed by atoms with E-state index in [1.54, 1.807) is 0 Å². The van der Waals surface area contributed by atoms with Crippen LogP contribution in [0, 0.1) is 30.1 Å². The quantitative estimate of drug-likeness (QED) is 0.177. The number of nitrogens with zero attached hydrogens (tertiary/aromatic N) is 7. The fourth-order valence-corrected chi connectivity index (χ4v) is 11.0. The van der Waals surface area contributed by atoms with Gasteiger partial charge in [0.15, 0.2) is 0 Å². The highest BCUT2D eigenvalue weighted by Gasteiger charge is 2.39. The highest BCUT2D eigenvalue weighted by Crippen LogP contribution is 2.45. The summed E-state index contributed by atoms with van der Waals surface area (Å²) in [7, 11) is 3.81. The molecule has 0 radical (unpaired) electrons. The van der Waals surface area contributed by atoms with Gasteiger partial charge in [0.25, 0.3) is 0 Å². The summed E-state index contributed by atoms with van der Waals surface area (Å²) < 4.78 is 0. The lowest BCUT2D eigenvalue weighted by molar-refractivity contribution is 0.180. The molecule has 372 valence electrons. The van der Waals surface area contributed by atoms with Crippen molar-refractivity contribution >= 4 is 34.3 Å². The van der Waals surface area contributed by atoms with Gasteiger partial charge in [-0.1, -0.05) is 195 Å². The van der Waals surface area contributed by atoms with Crippen LogP contribution in [-0.2, 0) is 0 Å². The van der Waals surface area contributed by atoms with Crippen LogP contribution in [0.25, 0.3) is 0 Å². The maximum Gasteiger partial charge on any atom is 0.132 e. The van der Waals surface area contributed by atoms with Crippen molar-refractivity contribution in [1.82, 2.24) is 4.90 Å². The zero-order chi connectivity index (χ0) is 51.5. The van der Waals surface area contributed by atoms with Gasteiger partial charge in [-0.3, -0.25) is 34.9 Å². The van der Waals surface area contributed by atoms with E-state index in [9.17, 15) is 0 Å². The summed E-state index contributed by atoms with van der Waals surface area (Å²) in [5.74, 6) is 4.46. The summed E-state index contributed by atoms with van der Waals surface area (Å²) in [6, 6.07) is 33.9. The predicted molar refractivity (Wildman–Crippen MR) is 309 cm³/mol. The maximum absolute atomic E-state index is 6.28. The third-order valence-electron chi connectivity index (χ3n) is 15.0. The van der Waals surface area contributed by atoms with E-state index in [1.807, 2.05) is 27.9 Å². The number of benzene rings is 4. The zero-order valence-electron chi connectivity index (χ0n) is 45.0. The lowest BCUT2D eigenvalue weighted by atomic mass is 9.72. The number of terminal acetylenes is 1. The van der Waals surface area contributed by atoms with Gasteiger partial charge >= 0.3 is 0 Å².